The van der Waals surface area contributed by atoms with Crippen LogP contribution >= 0.6 is 0 Å². The minimum Gasteiger partial charge on any atom is -0.299 e. The van der Waals surface area contributed by atoms with E-state index >= 15 is 0 Å². The maximum Gasteiger partial charge on any atom is 0.178 e. The largest absolute Gasteiger partial charge is 0.299 e. The molecule has 0 radical (unpaired) electrons. The second-order valence-electron chi connectivity index (χ2n) is 7.97. The van der Waals surface area contributed by atoms with Crippen molar-refractivity contribution in [3.63, 3.8) is 0 Å². The summed E-state index contributed by atoms with van der Waals surface area (Å²) in [6.45, 7) is 1.98. The molecule has 4 heteroatoms. The average molecular weight is 379 g/mol. The van der Waals surface area contributed by atoms with Crippen LogP contribution in [0.4, 0.5) is 0 Å². The van der Waals surface area contributed by atoms with Crippen molar-refractivity contribution < 1.29 is 13.2 Å². The molecule has 26 heavy (non-hydrogen) atoms. The van der Waals surface area contributed by atoms with Crippen LogP contribution in [0.3, 0.4) is 0 Å². The number of Topliss-reactive ketones (excluding diaryl/α,β-unsaturated/α-hetero) is 1. The molecule has 0 heterocycles. The van der Waals surface area contributed by atoms with Crippen LogP contribution < -0.4 is 0 Å². The monoisotopic (exact) mass is 378 g/mol. The molecule has 2 rings (SSSR count). The van der Waals surface area contributed by atoms with Crippen molar-refractivity contribution in [1.29, 1.82) is 0 Å². The predicted molar refractivity (Wildman–Crippen MR) is 107 cm³/mol. The molecule has 1 fully saturated rings. The third-order valence-electron chi connectivity index (χ3n) is 5.47. The Labute approximate surface area is 159 Å². The Morgan fingerprint density at radius 2 is 1.50 bits per heavy atom. The summed E-state index contributed by atoms with van der Waals surface area (Å²) in [5, 5.41) is 0. The minimum absolute atomic E-state index is 0.00191. The molecular weight excluding hydrogens is 344 g/mol. The van der Waals surface area contributed by atoms with E-state index in [1.54, 1.807) is 24.3 Å². The van der Waals surface area contributed by atoms with E-state index in [2.05, 4.69) is 0 Å². The maximum absolute atomic E-state index is 12.7. The SMILES string of the molecule is CC(CC1CCCCCCCCCCC1=O)CS(=O)(=O)c1ccccc1. The Hall–Kier alpha value is -1.16. The van der Waals surface area contributed by atoms with Gasteiger partial charge >= 0.3 is 0 Å². The first-order valence-electron chi connectivity index (χ1n) is 10.3. The molecule has 0 N–H and O–H groups in total. The van der Waals surface area contributed by atoms with E-state index in [0.717, 1.165) is 25.7 Å². The first-order valence-corrected chi connectivity index (χ1v) is 11.9. The van der Waals surface area contributed by atoms with Gasteiger partial charge in [0.15, 0.2) is 9.84 Å². The highest BCUT2D eigenvalue weighted by molar-refractivity contribution is 7.91. The van der Waals surface area contributed by atoms with Gasteiger partial charge in [-0.2, -0.15) is 0 Å². The molecule has 0 aromatic heterocycles. The highest BCUT2D eigenvalue weighted by Crippen LogP contribution is 2.26. The average Bonchev–Trinajstić information content (AvgIpc) is 2.61. The number of carbonyl (C=O) groups excluding carboxylic acids is 1. The summed E-state index contributed by atoms with van der Waals surface area (Å²) in [5.74, 6) is 0.521. The molecule has 2 atom stereocenters. The molecule has 1 aromatic rings. The molecule has 0 aliphatic heterocycles. The van der Waals surface area contributed by atoms with Gasteiger partial charge in [0.1, 0.15) is 5.78 Å². The number of benzene rings is 1. The summed E-state index contributed by atoms with van der Waals surface area (Å²) >= 11 is 0. The van der Waals surface area contributed by atoms with E-state index in [1.807, 2.05) is 13.0 Å². The van der Waals surface area contributed by atoms with Gasteiger partial charge in [0.25, 0.3) is 0 Å². The van der Waals surface area contributed by atoms with Gasteiger partial charge in [0.2, 0.25) is 0 Å². The fraction of sp³-hybridized carbons (Fsp3) is 0.682. The zero-order valence-corrected chi connectivity index (χ0v) is 17.0. The number of ketones is 1. The lowest BCUT2D eigenvalue weighted by Gasteiger charge is -2.21. The van der Waals surface area contributed by atoms with E-state index in [4.69, 9.17) is 0 Å². The van der Waals surface area contributed by atoms with Crippen LogP contribution in [-0.2, 0) is 14.6 Å². The molecule has 0 saturated heterocycles. The standard InChI is InChI=1S/C22H34O3S/c1-19(18-26(24,25)21-14-10-8-11-15-21)17-20-13-9-6-4-2-3-5-7-12-16-22(20)23/h8,10-11,14-15,19-20H,2-7,9,12-13,16-18H2,1H3. The topological polar surface area (TPSA) is 51.2 Å². The lowest BCUT2D eigenvalue weighted by atomic mass is 9.86. The summed E-state index contributed by atoms with van der Waals surface area (Å²) in [7, 11) is -3.28. The molecule has 1 aliphatic carbocycles. The Balaban J connectivity index is 1.94. The quantitative estimate of drug-likeness (QED) is 0.671. The van der Waals surface area contributed by atoms with Crippen molar-refractivity contribution in [1.82, 2.24) is 0 Å². The van der Waals surface area contributed by atoms with Crippen molar-refractivity contribution in [3.8, 4) is 0 Å². The van der Waals surface area contributed by atoms with Crippen LogP contribution in [0, 0.1) is 11.8 Å². The Kier molecular flexibility index (Phi) is 8.83. The van der Waals surface area contributed by atoms with Crippen LogP contribution in [0.15, 0.2) is 35.2 Å². The van der Waals surface area contributed by atoms with Crippen LogP contribution in [0.5, 0.6) is 0 Å². The van der Waals surface area contributed by atoms with E-state index in [-0.39, 0.29) is 17.6 Å². The Morgan fingerprint density at radius 1 is 0.923 bits per heavy atom. The summed E-state index contributed by atoms with van der Waals surface area (Å²) in [5.41, 5.74) is 0. The zero-order valence-electron chi connectivity index (χ0n) is 16.2. The van der Waals surface area contributed by atoms with Crippen molar-refractivity contribution in [2.45, 2.75) is 82.4 Å². The van der Waals surface area contributed by atoms with Gasteiger partial charge in [-0.05, 0) is 37.3 Å². The molecule has 3 nitrogen and oxygen atoms in total. The fourth-order valence-corrected chi connectivity index (χ4v) is 5.67. The van der Waals surface area contributed by atoms with Gasteiger partial charge in [0.05, 0.1) is 10.6 Å². The molecule has 1 aromatic carbocycles. The van der Waals surface area contributed by atoms with Gasteiger partial charge in [-0.25, -0.2) is 8.42 Å². The lowest BCUT2D eigenvalue weighted by molar-refractivity contribution is -0.123. The number of rotatable bonds is 5. The smallest absolute Gasteiger partial charge is 0.178 e. The van der Waals surface area contributed by atoms with Crippen LogP contribution in [-0.4, -0.2) is 20.0 Å². The van der Waals surface area contributed by atoms with Crippen molar-refractivity contribution in [2.24, 2.45) is 11.8 Å². The second kappa shape index (κ2) is 10.9. The molecule has 2 unspecified atom stereocenters. The predicted octanol–water partition coefficient (Wildman–Crippen LogP) is 5.59. The van der Waals surface area contributed by atoms with Crippen molar-refractivity contribution >= 4 is 15.6 Å². The van der Waals surface area contributed by atoms with E-state index in [1.165, 1.54) is 32.1 Å². The number of carbonyl (C=O) groups is 1. The first-order chi connectivity index (χ1) is 12.5. The van der Waals surface area contributed by atoms with Crippen LogP contribution in [0.1, 0.15) is 77.6 Å². The number of hydrogen-bond acceptors (Lipinski definition) is 3. The third-order valence-corrected chi connectivity index (χ3v) is 7.47. The van der Waals surface area contributed by atoms with E-state index < -0.39 is 9.84 Å². The fourth-order valence-electron chi connectivity index (χ4n) is 4.02. The van der Waals surface area contributed by atoms with Crippen molar-refractivity contribution in [3.05, 3.63) is 30.3 Å². The maximum atomic E-state index is 12.7. The molecular formula is C22H34O3S. The molecule has 0 bridgehead atoms. The lowest BCUT2D eigenvalue weighted by Crippen LogP contribution is -2.22. The highest BCUT2D eigenvalue weighted by atomic mass is 32.2. The Morgan fingerprint density at radius 3 is 2.15 bits per heavy atom. The minimum atomic E-state index is -3.28. The van der Waals surface area contributed by atoms with Crippen LogP contribution in [0.2, 0.25) is 0 Å². The van der Waals surface area contributed by atoms with Gasteiger partial charge in [0, 0.05) is 12.3 Å². The summed E-state index contributed by atoms with van der Waals surface area (Å²) < 4.78 is 25.2. The molecule has 146 valence electrons. The summed E-state index contributed by atoms with van der Waals surface area (Å²) in [6.07, 6.45) is 11.8. The van der Waals surface area contributed by atoms with Gasteiger partial charge < -0.3 is 0 Å². The van der Waals surface area contributed by atoms with Gasteiger partial charge in [-0.3, -0.25) is 4.79 Å². The Bertz CT molecular complexity index is 637. The normalized spacial score (nSPS) is 22.2. The molecule has 0 spiro atoms. The number of sulfone groups is 1. The molecule has 1 aliphatic rings. The third kappa shape index (κ3) is 7.22. The highest BCUT2D eigenvalue weighted by Gasteiger charge is 2.24. The van der Waals surface area contributed by atoms with E-state index in [9.17, 15) is 13.2 Å². The summed E-state index contributed by atoms with van der Waals surface area (Å²) in [6, 6.07) is 8.65. The van der Waals surface area contributed by atoms with E-state index in [0.29, 0.717) is 23.5 Å². The first kappa shape index (κ1) is 21.1. The molecule has 0 amide bonds. The van der Waals surface area contributed by atoms with Gasteiger partial charge in [-0.1, -0.05) is 70.1 Å². The summed E-state index contributed by atoms with van der Waals surface area (Å²) in [4.78, 5) is 13.0. The van der Waals surface area contributed by atoms with Gasteiger partial charge in [-0.15, -0.1) is 0 Å². The number of hydrogen-bond donors (Lipinski definition) is 0. The van der Waals surface area contributed by atoms with Crippen LogP contribution in [0.25, 0.3) is 0 Å². The van der Waals surface area contributed by atoms with Crippen molar-refractivity contribution in [2.75, 3.05) is 5.75 Å². The zero-order chi connectivity index (χ0) is 18.8. The molecule has 1 saturated carbocycles. The second-order valence-corrected chi connectivity index (χ2v) is 10.00.